The number of hydrogen-bond acceptors (Lipinski definition) is 3. The summed E-state index contributed by atoms with van der Waals surface area (Å²) in [6.45, 7) is 10.5. The van der Waals surface area contributed by atoms with Crippen LogP contribution in [0.2, 0.25) is 0 Å². The van der Waals surface area contributed by atoms with Gasteiger partial charge in [0.15, 0.2) is 0 Å². The normalized spacial score (nSPS) is 35.6. The molecule has 1 N–H and O–H groups in total. The Morgan fingerprint density at radius 1 is 1.14 bits per heavy atom. The molecule has 0 amide bonds. The zero-order valence-corrected chi connectivity index (χ0v) is 14.3. The molecule has 2 saturated heterocycles. The molecule has 2 unspecified atom stereocenters. The monoisotopic (exact) mass is 294 g/mol. The molecule has 2 aliphatic heterocycles. The van der Waals surface area contributed by atoms with Crippen molar-refractivity contribution in [2.24, 2.45) is 0 Å². The van der Waals surface area contributed by atoms with E-state index in [1.807, 2.05) is 0 Å². The van der Waals surface area contributed by atoms with Gasteiger partial charge in [-0.25, -0.2) is 0 Å². The van der Waals surface area contributed by atoms with Crippen molar-refractivity contribution < 1.29 is 4.74 Å². The Hall–Kier alpha value is -0.120. The van der Waals surface area contributed by atoms with E-state index >= 15 is 0 Å². The van der Waals surface area contributed by atoms with Gasteiger partial charge in [-0.15, -0.1) is 0 Å². The first kappa shape index (κ1) is 15.8. The lowest BCUT2D eigenvalue weighted by Crippen LogP contribution is -2.64. The van der Waals surface area contributed by atoms with Crippen LogP contribution in [0.5, 0.6) is 0 Å². The molecule has 2 heterocycles. The van der Waals surface area contributed by atoms with Gasteiger partial charge >= 0.3 is 0 Å². The van der Waals surface area contributed by atoms with Crippen LogP contribution in [-0.2, 0) is 4.74 Å². The van der Waals surface area contributed by atoms with Crippen molar-refractivity contribution in [1.82, 2.24) is 10.2 Å². The van der Waals surface area contributed by atoms with E-state index in [0.29, 0.717) is 17.7 Å². The highest BCUT2D eigenvalue weighted by molar-refractivity contribution is 4.99. The van der Waals surface area contributed by atoms with E-state index in [9.17, 15) is 0 Å². The van der Waals surface area contributed by atoms with Crippen molar-refractivity contribution in [3.8, 4) is 0 Å². The lowest BCUT2D eigenvalue weighted by molar-refractivity contribution is -0.0692. The topological polar surface area (TPSA) is 24.5 Å². The summed E-state index contributed by atoms with van der Waals surface area (Å²) < 4.78 is 6.57. The van der Waals surface area contributed by atoms with Crippen LogP contribution in [-0.4, -0.2) is 47.8 Å². The molecule has 3 heteroatoms. The fraction of sp³-hybridized carbons (Fsp3) is 1.00. The van der Waals surface area contributed by atoms with E-state index in [4.69, 9.17) is 4.74 Å². The quantitative estimate of drug-likeness (QED) is 0.861. The summed E-state index contributed by atoms with van der Waals surface area (Å²) in [6.07, 6.45) is 10.9. The molecule has 0 aromatic carbocycles. The lowest BCUT2D eigenvalue weighted by Gasteiger charge is -2.50. The maximum absolute atomic E-state index is 6.57. The van der Waals surface area contributed by atoms with Crippen LogP contribution in [0.25, 0.3) is 0 Å². The minimum absolute atomic E-state index is 0.283. The van der Waals surface area contributed by atoms with Gasteiger partial charge < -0.3 is 10.1 Å². The summed E-state index contributed by atoms with van der Waals surface area (Å²) in [6, 6.07) is 0.609. The Balaban J connectivity index is 1.64. The maximum atomic E-state index is 6.57. The predicted octanol–water partition coefficient (Wildman–Crippen LogP) is 3.33. The zero-order valence-electron chi connectivity index (χ0n) is 14.3. The van der Waals surface area contributed by atoms with Crippen LogP contribution in [0.3, 0.4) is 0 Å². The summed E-state index contributed by atoms with van der Waals surface area (Å²) in [5, 5.41) is 3.70. The van der Waals surface area contributed by atoms with Gasteiger partial charge in [0.2, 0.25) is 0 Å². The summed E-state index contributed by atoms with van der Waals surface area (Å²) in [7, 11) is 0. The van der Waals surface area contributed by atoms with Crippen LogP contribution >= 0.6 is 0 Å². The van der Waals surface area contributed by atoms with Crippen molar-refractivity contribution in [1.29, 1.82) is 0 Å². The highest BCUT2D eigenvalue weighted by Crippen LogP contribution is 2.44. The average Bonchev–Trinajstić information content (AvgIpc) is 3.11. The Kier molecular flexibility index (Phi) is 4.63. The van der Waals surface area contributed by atoms with E-state index in [2.05, 4.69) is 31.0 Å². The fourth-order valence-corrected chi connectivity index (χ4v) is 4.94. The molecular weight excluding hydrogens is 260 g/mol. The third-order valence-corrected chi connectivity index (χ3v) is 6.54. The molecule has 3 rings (SSSR count). The molecule has 0 aromatic rings. The number of hydrogen-bond donors (Lipinski definition) is 1. The maximum Gasteiger partial charge on any atom is 0.0710 e. The number of rotatable bonds is 4. The lowest BCUT2D eigenvalue weighted by atomic mass is 9.87. The van der Waals surface area contributed by atoms with E-state index in [0.717, 1.165) is 13.1 Å². The first-order chi connectivity index (χ1) is 10.1. The van der Waals surface area contributed by atoms with Gasteiger partial charge in [-0.05, 0) is 45.4 Å². The zero-order chi connectivity index (χ0) is 14.9. The molecule has 1 saturated carbocycles. The average molecular weight is 294 g/mol. The van der Waals surface area contributed by atoms with E-state index in [1.54, 1.807) is 0 Å². The van der Waals surface area contributed by atoms with Crippen LogP contribution in [0.15, 0.2) is 0 Å². The first-order valence-corrected chi connectivity index (χ1v) is 9.28. The minimum atomic E-state index is 0.283. The third kappa shape index (κ3) is 3.02. The van der Waals surface area contributed by atoms with E-state index < -0.39 is 0 Å². The highest BCUT2D eigenvalue weighted by Gasteiger charge is 2.45. The molecule has 0 aromatic heterocycles. The standard InChI is InChI=1S/C18H34N2O/c1-4-17(5-2)14-19-15(3)12-20(17)13-16-8-11-18(21-16)9-6-7-10-18/h15-16,19H,4-14H2,1-3H3. The summed E-state index contributed by atoms with van der Waals surface area (Å²) in [5.41, 5.74) is 0.632. The largest absolute Gasteiger partial charge is 0.370 e. The van der Waals surface area contributed by atoms with Gasteiger partial charge in [0, 0.05) is 31.2 Å². The second-order valence-corrected chi connectivity index (χ2v) is 7.79. The summed E-state index contributed by atoms with van der Waals surface area (Å²) >= 11 is 0. The van der Waals surface area contributed by atoms with Crippen LogP contribution in [0, 0.1) is 0 Å². The number of nitrogens with one attached hydrogen (secondary N) is 1. The first-order valence-electron chi connectivity index (χ1n) is 9.28. The van der Waals surface area contributed by atoms with Gasteiger partial charge in [-0.2, -0.15) is 0 Å². The number of ether oxygens (including phenoxy) is 1. The van der Waals surface area contributed by atoms with Crippen molar-refractivity contribution >= 4 is 0 Å². The number of piperazine rings is 1. The van der Waals surface area contributed by atoms with Crippen molar-refractivity contribution in [2.45, 2.75) is 95.4 Å². The Morgan fingerprint density at radius 3 is 2.52 bits per heavy atom. The fourth-order valence-electron chi connectivity index (χ4n) is 4.94. The van der Waals surface area contributed by atoms with E-state index in [-0.39, 0.29) is 5.60 Å². The third-order valence-electron chi connectivity index (χ3n) is 6.54. The SMILES string of the molecule is CCC1(CC)CNC(C)CN1CC1CCC2(CCCC2)O1. The van der Waals surface area contributed by atoms with E-state index in [1.165, 1.54) is 57.9 Å². The van der Waals surface area contributed by atoms with Gasteiger partial charge in [-0.1, -0.05) is 26.7 Å². The van der Waals surface area contributed by atoms with Gasteiger partial charge in [0.1, 0.15) is 0 Å². The molecule has 1 spiro atoms. The predicted molar refractivity (Wildman–Crippen MR) is 87.7 cm³/mol. The molecule has 0 radical (unpaired) electrons. The second-order valence-electron chi connectivity index (χ2n) is 7.79. The molecule has 1 aliphatic carbocycles. The van der Waals surface area contributed by atoms with Crippen molar-refractivity contribution in [3.05, 3.63) is 0 Å². The molecular formula is C18H34N2O. The van der Waals surface area contributed by atoms with Crippen LogP contribution < -0.4 is 5.32 Å². The van der Waals surface area contributed by atoms with Crippen LogP contribution in [0.1, 0.15) is 72.1 Å². The van der Waals surface area contributed by atoms with Gasteiger partial charge in [0.25, 0.3) is 0 Å². The highest BCUT2D eigenvalue weighted by atomic mass is 16.5. The molecule has 2 atom stereocenters. The molecule has 0 bridgehead atoms. The Labute approximate surface area is 130 Å². The molecule has 3 aliphatic rings. The van der Waals surface area contributed by atoms with Gasteiger partial charge in [0.05, 0.1) is 11.7 Å². The minimum Gasteiger partial charge on any atom is -0.370 e. The van der Waals surface area contributed by atoms with Crippen molar-refractivity contribution in [2.75, 3.05) is 19.6 Å². The molecule has 3 nitrogen and oxygen atoms in total. The summed E-state index contributed by atoms with van der Waals surface area (Å²) in [4.78, 5) is 2.76. The molecule has 3 fully saturated rings. The van der Waals surface area contributed by atoms with Crippen LogP contribution in [0.4, 0.5) is 0 Å². The Morgan fingerprint density at radius 2 is 1.86 bits per heavy atom. The Bertz CT molecular complexity index is 347. The summed E-state index contributed by atoms with van der Waals surface area (Å²) in [5.74, 6) is 0. The number of nitrogens with zero attached hydrogens (tertiary/aromatic N) is 1. The smallest absolute Gasteiger partial charge is 0.0710 e. The molecule has 21 heavy (non-hydrogen) atoms. The second kappa shape index (κ2) is 6.17. The van der Waals surface area contributed by atoms with Crippen molar-refractivity contribution in [3.63, 3.8) is 0 Å². The van der Waals surface area contributed by atoms with Gasteiger partial charge in [-0.3, -0.25) is 4.90 Å². The molecule has 122 valence electrons.